The Kier molecular flexibility index (Phi) is 3.75. The van der Waals surface area contributed by atoms with E-state index >= 15 is 0 Å². The number of nitrogens with two attached hydrogens (primary N) is 1. The van der Waals surface area contributed by atoms with Gasteiger partial charge in [-0.05, 0) is 12.8 Å². The van der Waals surface area contributed by atoms with Gasteiger partial charge in [0.1, 0.15) is 18.2 Å². The van der Waals surface area contributed by atoms with Crippen LogP contribution in [0.15, 0.2) is 6.07 Å². The third-order valence-electron chi connectivity index (χ3n) is 2.84. The van der Waals surface area contributed by atoms with Crippen LogP contribution < -0.4 is 10.6 Å². The fraction of sp³-hybridized carbons (Fsp3) is 0.636. The van der Waals surface area contributed by atoms with Gasteiger partial charge in [0.05, 0.1) is 6.10 Å². The number of hydrogen-bond acceptors (Lipinski definition) is 6. The minimum Gasteiger partial charge on any atom is -0.393 e. The molecule has 1 aliphatic rings. The van der Waals surface area contributed by atoms with Crippen LogP contribution in [0.1, 0.15) is 18.7 Å². The van der Waals surface area contributed by atoms with Gasteiger partial charge in [-0.1, -0.05) is 0 Å². The van der Waals surface area contributed by atoms with Crippen LogP contribution in [0.3, 0.4) is 0 Å². The Balaban J connectivity index is 2.14. The Hall–Kier alpha value is -1.40. The van der Waals surface area contributed by atoms with E-state index in [4.69, 9.17) is 10.5 Å². The molecule has 1 aromatic heterocycles. The van der Waals surface area contributed by atoms with Gasteiger partial charge in [-0.15, -0.1) is 0 Å². The molecule has 0 aromatic carbocycles. The lowest BCUT2D eigenvalue weighted by atomic mass is 10.1. The number of aliphatic hydroxyl groups is 1. The van der Waals surface area contributed by atoms with Gasteiger partial charge in [0.2, 0.25) is 0 Å². The summed E-state index contributed by atoms with van der Waals surface area (Å²) in [5.41, 5.74) is 5.74. The van der Waals surface area contributed by atoms with Crippen LogP contribution in [0.5, 0.6) is 0 Å². The van der Waals surface area contributed by atoms with Gasteiger partial charge in [0.15, 0.2) is 5.82 Å². The smallest absolute Gasteiger partial charge is 0.158 e. The summed E-state index contributed by atoms with van der Waals surface area (Å²) in [5.74, 6) is 1.86. The van der Waals surface area contributed by atoms with Crippen LogP contribution in [0.4, 0.5) is 11.6 Å². The predicted octanol–water partition coefficient (Wildman–Crippen LogP) is 0.166. The Morgan fingerprint density at radius 3 is 2.82 bits per heavy atom. The molecule has 3 N–H and O–H groups in total. The second kappa shape index (κ2) is 5.29. The molecule has 0 bridgehead atoms. The first-order valence-corrected chi connectivity index (χ1v) is 5.74. The second-order valence-electron chi connectivity index (χ2n) is 4.22. The van der Waals surface area contributed by atoms with Gasteiger partial charge in [-0.2, -0.15) is 0 Å². The Labute approximate surface area is 100 Å². The van der Waals surface area contributed by atoms with E-state index in [0.717, 1.165) is 31.7 Å². The largest absolute Gasteiger partial charge is 0.393 e. The van der Waals surface area contributed by atoms with Crippen LogP contribution in [0.25, 0.3) is 0 Å². The van der Waals surface area contributed by atoms with Gasteiger partial charge in [-0.3, -0.25) is 0 Å². The fourth-order valence-corrected chi connectivity index (χ4v) is 1.95. The molecule has 6 heteroatoms. The summed E-state index contributed by atoms with van der Waals surface area (Å²) in [4.78, 5) is 10.6. The Morgan fingerprint density at radius 1 is 1.47 bits per heavy atom. The molecule has 1 fully saturated rings. The molecule has 2 rings (SSSR count). The minimum absolute atomic E-state index is 0.191. The summed E-state index contributed by atoms with van der Waals surface area (Å²) in [6.45, 7) is 1.95. The maximum Gasteiger partial charge on any atom is 0.158 e. The lowest BCUT2D eigenvalue weighted by Gasteiger charge is -2.30. The average Bonchev–Trinajstić information content (AvgIpc) is 2.29. The number of rotatable bonds is 3. The van der Waals surface area contributed by atoms with Crippen LogP contribution >= 0.6 is 0 Å². The van der Waals surface area contributed by atoms with Crippen molar-refractivity contribution in [2.24, 2.45) is 0 Å². The summed E-state index contributed by atoms with van der Waals surface area (Å²) in [7, 11) is 1.60. The highest BCUT2D eigenvalue weighted by atomic mass is 16.5. The first kappa shape index (κ1) is 12.1. The van der Waals surface area contributed by atoms with E-state index in [1.807, 2.05) is 0 Å². The molecular weight excluding hydrogens is 220 g/mol. The maximum atomic E-state index is 9.46. The molecule has 0 saturated carbocycles. The van der Waals surface area contributed by atoms with E-state index in [9.17, 15) is 5.11 Å². The monoisotopic (exact) mass is 238 g/mol. The van der Waals surface area contributed by atoms with Crippen LogP contribution in [-0.2, 0) is 11.3 Å². The molecule has 1 aliphatic heterocycles. The summed E-state index contributed by atoms with van der Waals surface area (Å²) in [6, 6.07) is 1.76. The number of methoxy groups -OCH3 is 1. The topological polar surface area (TPSA) is 84.5 Å². The van der Waals surface area contributed by atoms with Gasteiger partial charge >= 0.3 is 0 Å². The SMILES string of the molecule is COCc1nc(N)cc(N2CCC(O)CC2)n1. The molecule has 94 valence electrons. The predicted molar refractivity (Wildman–Crippen MR) is 64.6 cm³/mol. The van der Waals surface area contributed by atoms with Crippen LogP contribution in [-0.4, -0.2) is 41.4 Å². The quantitative estimate of drug-likeness (QED) is 0.780. The van der Waals surface area contributed by atoms with E-state index < -0.39 is 0 Å². The first-order valence-electron chi connectivity index (χ1n) is 5.74. The van der Waals surface area contributed by atoms with Gasteiger partial charge in [-0.25, -0.2) is 9.97 Å². The van der Waals surface area contributed by atoms with E-state index in [1.54, 1.807) is 13.2 Å². The zero-order valence-corrected chi connectivity index (χ0v) is 9.96. The Morgan fingerprint density at radius 2 is 2.18 bits per heavy atom. The minimum atomic E-state index is -0.191. The van der Waals surface area contributed by atoms with Crippen molar-refractivity contribution in [2.45, 2.75) is 25.6 Å². The highest BCUT2D eigenvalue weighted by Crippen LogP contribution is 2.19. The van der Waals surface area contributed by atoms with Crippen molar-refractivity contribution in [1.82, 2.24) is 9.97 Å². The number of ether oxygens (including phenoxy) is 1. The lowest BCUT2D eigenvalue weighted by Crippen LogP contribution is -2.36. The third kappa shape index (κ3) is 3.04. The molecule has 0 spiro atoms. The maximum absolute atomic E-state index is 9.46. The molecule has 2 heterocycles. The van der Waals surface area contributed by atoms with E-state index in [-0.39, 0.29) is 6.10 Å². The number of nitrogens with zero attached hydrogens (tertiary/aromatic N) is 3. The summed E-state index contributed by atoms with van der Waals surface area (Å²) < 4.78 is 5.00. The zero-order chi connectivity index (χ0) is 12.3. The van der Waals surface area contributed by atoms with E-state index in [1.165, 1.54) is 0 Å². The van der Waals surface area contributed by atoms with Crippen molar-refractivity contribution < 1.29 is 9.84 Å². The standard InChI is InChI=1S/C11H18N4O2/c1-17-7-10-13-9(12)6-11(14-10)15-4-2-8(16)3-5-15/h6,8,16H,2-5,7H2,1H3,(H2,12,13,14). The Bertz CT molecular complexity index is 378. The lowest BCUT2D eigenvalue weighted by molar-refractivity contribution is 0.145. The van der Waals surface area contributed by atoms with Crippen molar-refractivity contribution >= 4 is 11.6 Å². The highest BCUT2D eigenvalue weighted by molar-refractivity contribution is 5.47. The average molecular weight is 238 g/mol. The van der Waals surface area contributed by atoms with Crippen LogP contribution in [0.2, 0.25) is 0 Å². The number of hydrogen-bond donors (Lipinski definition) is 2. The number of aromatic nitrogens is 2. The molecule has 17 heavy (non-hydrogen) atoms. The van der Waals surface area contributed by atoms with Gasteiger partial charge in [0, 0.05) is 26.3 Å². The second-order valence-corrected chi connectivity index (χ2v) is 4.22. The number of piperidine rings is 1. The van der Waals surface area contributed by atoms with Crippen molar-refractivity contribution in [3.8, 4) is 0 Å². The molecule has 0 amide bonds. The summed E-state index contributed by atoms with van der Waals surface area (Å²) >= 11 is 0. The fourth-order valence-electron chi connectivity index (χ4n) is 1.95. The van der Waals surface area contributed by atoms with Gasteiger partial charge < -0.3 is 20.5 Å². The molecular formula is C11H18N4O2. The number of anilines is 2. The van der Waals surface area contributed by atoms with Crippen LogP contribution in [0, 0.1) is 0 Å². The highest BCUT2D eigenvalue weighted by Gasteiger charge is 2.19. The first-order chi connectivity index (χ1) is 8.19. The third-order valence-corrected chi connectivity index (χ3v) is 2.84. The summed E-state index contributed by atoms with van der Waals surface area (Å²) in [5, 5.41) is 9.46. The van der Waals surface area contributed by atoms with Crippen molar-refractivity contribution in [3.05, 3.63) is 11.9 Å². The van der Waals surface area contributed by atoms with Crippen molar-refractivity contribution in [3.63, 3.8) is 0 Å². The zero-order valence-electron chi connectivity index (χ0n) is 9.96. The van der Waals surface area contributed by atoms with E-state index in [2.05, 4.69) is 14.9 Å². The molecule has 0 atom stereocenters. The van der Waals surface area contributed by atoms with Gasteiger partial charge in [0.25, 0.3) is 0 Å². The molecule has 0 radical (unpaired) electrons. The van der Waals surface area contributed by atoms with E-state index in [0.29, 0.717) is 18.2 Å². The summed E-state index contributed by atoms with van der Waals surface area (Å²) in [6.07, 6.45) is 1.34. The normalized spacial score (nSPS) is 17.4. The molecule has 0 aliphatic carbocycles. The number of nitrogen functional groups attached to an aromatic ring is 1. The van der Waals surface area contributed by atoms with Crippen molar-refractivity contribution in [2.75, 3.05) is 30.8 Å². The van der Waals surface area contributed by atoms with Crippen molar-refractivity contribution in [1.29, 1.82) is 0 Å². The number of aliphatic hydroxyl groups excluding tert-OH is 1. The molecule has 1 aromatic rings. The molecule has 6 nitrogen and oxygen atoms in total. The molecule has 0 unspecified atom stereocenters. The molecule has 1 saturated heterocycles.